The van der Waals surface area contributed by atoms with Gasteiger partial charge in [0.1, 0.15) is 6.10 Å². The van der Waals surface area contributed by atoms with Gasteiger partial charge in [-0.25, -0.2) is 0 Å². The van der Waals surface area contributed by atoms with Crippen molar-refractivity contribution in [2.75, 3.05) is 245 Å². The third-order valence-corrected chi connectivity index (χ3v) is 38.7. The zero-order chi connectivity index (χ0) is 80.7. The van der Waals surface area contributed by atoms with E-state index in [-0.39, 0.29) is 104 Å². The van der Waals surface area contributed by atoms with Crippen LogP contribution in [0, 0.1) is 5.92 Å². The van der Waals surface area contributed by atoms with Gasteiger partial charge in [0.15, 0.2) is 0 Å². The molecule has 5 fully saturated rings. The molecule has 4 heterocycles. The average Bonchev–Trinajstić information content (AvgIpc) is 1.66. The summed E-state index contributed by atoms with van der Waals surface area (Å²) in [5, 5.41) is 6.00. The molecule has 0 bridgehead atoms. The van der Waals surface area contributed by atoms with Gasteiger partial charge in [0.2, 0.25) is 0 Å². The van der Waals surface area contributed by atoms with E-state index in [0.717, 1.165) is 128 Å². The number of ether oxygens (including phenoxy) is 7. The SMILES string of the molecule is C.C.C.C.C.C.C.C.C.C.C.C.C.C.CCO[Si](C)(CCCOCCC1CO1)OCC.CCO[Si](C)(OCC)OCC.CCO[Si](CNC)(OCC)OCC.CNC[Si](OC)(OC)OC.CO[Si](C)(OC)OC.CO[Si](CCC1CCC2OC2C1)(OC)OC.CO[Si](CCCOCC1CO1)(OC)OC.CO[Si](CCCOCCC1CO1)(OC)OC. The quantitative estimate of drug-likeness (QED) is 0.0325. The molecule has 0 spiro atoms. The summed E-state index contributed by atoms with van der Waals surface area (Å²) in [5.41, 5.74) is 0. The van der Waals surface area contributed by atoms with E-state index in [2.05, 4.69) is 17.2 Å². The normalized spacial score (nSPS) is 16.7. The molecule has 32 nitrogen and oxygen atoms in total. The fourth-order valence-electron chi connectivity index (χ4n) is 10.4. The van der Waals surface area contributed by atoms with Crippen LogP contribution in [-0.4, -0.2) is 346 Å². The maximum Gasteiger partial charge on any atom is 0.515 e. The second-order valence-electron chi connectivity index (χ2n) is 24.3. The summed E-state index contributed by atoms with van der Waals surface area (Å²) in [7, 11) is 9.82. The van der Waals surface area contributed by atoms with E-state index in [1.807, 2.05) is 82.6 Å². The topological polar surface area (TPSA) is 314 Å². The molecule has 6 atom stereocenters. The highest BCUT2D eigenvalue weighted by Crippen LogP contribution is 2.42. The third kappa shape index (κ3) is 78.3. The van der Waals surface area contributed by atoms with Crippen molar-refractivity contribution in [1.82, 2.24) is 10.6 Å². The molecule has 120 heavy (non-hydrogen) atoms. The van der Waals surface area contributed by atoms with Crippen LogP contribution in [0.25, 0.3) is 0 Å². The lowest BCUT2D eigenvalue weighted by Crippen LogP contribution is -2.53. The van der Waals surface area contributed by atoms with Crippen molar-refractivity contribution in [2.24, 2.45) is 5.92 Å². The standard InChI is InChI=1S/C12H26O4Si.C11H22O4Si.C10H22O5Si.C9H20O5Si.C8H21NO3Si.C7H18O3Si.C5H15NO3Si.C4H12O3Si.14CH4/c1-4-15-17(3,16-5-2)10-6-8-13-9-7-12-11-14-12;1-12-16(13-2,14-3)7-6-9-4-5-10-11(8-9)15-10;1-11-16(12-2,13-3)8-4-6-14-7-5-10-9-15-10;1-10-15(11-2,12-3)6-4-5-13-7-9-8-14-9;1-5-10-13(8-9-4,11-6-2)12-7-3;1-5-8-11(4,9-6-2)10-7-3;1-6-5-10(7-2,8-3)9-4;1-5-8(4,6-2)7-3;;;;;;;;;;;;;;/h12H,4-11H2,1-3H3;9-11H,4-8H2,1-3H3;10H,4-9H2,1-3H3;9H,4-8H2,1-3H3;9H,5-8H2,1-4H3;5-7H2,1-4H3;6H,5H2,1-4H3;1-4H3;14*1H4. The van der Waals surface area contributed by atoms with Gasteiger partial charge in [0.05, 0.1) is 63.2 Å². The number of hydrogen-bond donors (Lipinski definition) is 2. The zero-order valence-corrected chi connectivity index (χ0v) is 79.3. The van der Waals surface area contributed by atoms with Crippen LogP contribution in [0.15, 0.2) is 0 Å². The highest BCUT2D eigenvalue weighted by atomic mass is 28.4. The maximum atomic E-state index is 5.77. The van der Waals surface area contributed by atoms with E-state index in [1.165, 1.54) is 19.3 Å². The molecular weight excluding hydrogens is 1690 g/mol. The molecule has 4 aliphatic heterocycles. The van der Waals surface area contributed by atoms with Gasteiger partial charge in [-0.3, -0.25) is 0 Å². The Morgan fingerprint density at radius 1 is 0.292 bits per heavy atom. The minimum Gasteiger partial charge on any atom is -0.395 e. The van der Waals surface area contributed by atoms with E-state index >= 15 is 0 Å². The van der Waals surface area contributed by atoms with Crippen molar-refractivity contribution in [1.29, 1.82) is 0 Å². The smallest absolute Gasteiger partial charge is 0.395 e. The van der Waals surface area contributed by atoms with E-state index < -0.39 is 70.2 Å². The van der Waals surface area contributed by atoms with Crippen molar-refractivity contribution in [2.45, 2.75) is 291 Å². The largest absolute Gasteiger partial charge is 0.515 e. The summed E-state index contributed by atoms with van der Waals surface area (Å²) < 4.78 is 160. The van der Waals surface area contributed by atoms with Crippen molar-refractivity contribution >= 4 is 70.2 Å². The van der Waals surface area contributed by atoms with Gasteiger partial charge < -0.3 is 146 Å². The van der Waals surface area contributed by atoms with Crippen LogP contribution in [0.1, 0.15) is 217 Å². The van der Waals surface area contributed by atoms with Gasteiger partial charge in [-0.2, -0.15) is 0 Å². The molecule has 1 aliphatic carbocycles. The van der Waals surface area contributed by atoms with Crippen molar-refractivity contribution in [3.63, 3.8) is 0 Å². The molecule has 4 saturated heterocycles. The zero-order valence-electron chi connectivity index (χ0n) is 71.3. The first-order chi connectivity index (χ1) is 50.8. The van der Waals surface area contributed by atoms with Crippen LogP contribution in [0.2, 0.25) is 43.8 Å². The molecule has 1 saturated carbocycles. The average molecular weight is 1910 g/mol. The first kappa shape index (κ1) is 161. The third-order valence-electron chi connectivity index (χ3n) is 17.0. The van der Waals surface area contributed by atoms with Crippen molar-refractivity contribution in [3.05, 3.63) is 0 Å². The lowest BCUT2D eigenvalue weighted by Gasteiger charge is -2.27. The van der Waals surface area contributed by atoms with Crippen molar-refractivity contribution < 1.29 is 135 Å². The Balaban J connectivity index is -0.0000000668. The Bertz CT molecular complexity index is 1830. The Labute approximate surface area is 754 Å². The number of nitrogens with one attached hydrogen (secondary N) is 2. The minimum absolute atomic E-state index is 0. The number of fused-ring (bicyclic) bond motifs is 1. The van der Waals surface area contributed by atoms with Crippen LogP contribution in [0.3, 0.4) is 0 Å². The molecule has 0 aromatic heterocycles. The molecule has 0 amide bonds. The molecule has 0 aromatic carbocycles. The molecule has 6 unspecified atom stereocenters. The lowest BCUT2D eigenvalue weighted by molar-refractivity contribution is 0.0706. The summed E-state index contributed by atoms with van der Waals surface area (Å²) >= 11 is 0. The summed E-state index contributed by atoms with van der Waals surface area (Å²) in [6.07, 6.45) is 13.4. The van der Waals surface area contributed by atoms with E-state index in [4.69, 9.17) is 135 Å². The summed E-state index contributed by atoms with van der Waals surface area (Å²) in [5.74, 6) is 0.760. The molecule has 0 aromatic rings. The molecule has 40 heteroatoms. The predicted molar refractivity (Wildman–Crippen MR) is 518 cm³/mol. The lowest BCUT2D eigenvalue weighted by atomic mass is 9.88. The number of hydrogen-bond acceptors (Lipinski definition) is 32. The molecule has 0 radical (unpaired) electrons. The van der Waals surface area contributed by atoms with Gasteiger partial charge in [0, 0.05) is 224 Å². The first-order valence-corrected chi connectivity index (χ1v) is 54.3. The van der Waals surface area contributed by atoms with Crippen LogP contribution in [0.4, 0.5) is 0 Å². The van der Waals surface area contributed by atoms with E-state index in [1.54, 1.807) is 107 Å². The van der Waals surface area contributed by atoms with Gasteiger partial charge in [-0.15, -0.1) is 0 Å². The highest BCUT2D eigenvalue weighted by Gasteiger charge is 2.46. The maximum absolute atomic E-state index is 5.77. The fourth-order valence-corrected chi connectivity index (χ4v) is 24.0. The molecule has 2 N–H and O–H groups in total. The van der Waals surface area contributed by atoms with Gasteiger partial charge in [-0.05, 0) is 146 Å². The molecule has 5 aliphatic rings. The second kappa shape index (κ2) is 98.5. The summed E-state index contributed by atoms with van der Waals surface area (Å²) in [6, 6.07) is 3.49. The van der Waals surface area contributed by atoms with Gasteiger partial charge >= 0.3 is 70.2 Å². The molecular formula is C80H212N2O30Si8. The number of rotatable bonds is 58. The Kier molecular flexibility index (Phi) is 132. The Hall–Kier alpha value is 0.455. The van der Waals surface area contributed by atoms with Crippen LogP contribution in [0.5, 0.6) is 0 Å². The fraction of sp³-hybridized carbons (Fsp3) is 1.00. The highest BCUT2D eigenvalue weighted by molar-refractivity contribution is 6.66. The monoisotopic (exact) mass is 1910 g/mol. The summed E-state index contributed by atoms with van der Waals surface area (Å²) in [6.45, 7) is 34.1. The first-order valence-electron chi connectivity index (χ1n) is 37.7. The minimum atomic E-state index is -2.41. The molecule has 5 rings (SSSR count). The van der Waals surface area contributed by atoms with Crippen LogP contribution < -0.4 is 10.6 Å². The van der Waals surface area contributed by atoms with Crippen LogP contribution >= 0.6 is 0 Å². The Morgan fingerprint density at radius 3 is 0.842 bits per heavy atom. The van der Waals surface area contributed by atoms with Gasteiger partial charge in [0.25, 0.3) is 0 Å². The summed E-state index contributed by atoms with van der Waals surface area (Å²) in [4.78, 5) is 0. The van der Waals surface area contributed by atoms with Crippen molar-refractivity contribution in [3.8, 4) is 0 Å². The molecule has 754 valence electrons. The number of epoxide rings is 4. The van der Waals surface area contributed by atoms with E-state index in [0.29, 0.717) is 95.7 Å². The van der Waals surface area contributed by atoms with Crippen LogP contribution in [-0.2, 0) is 135 Å². The second-order valence-corrected chi connectivity index (χ2v) is 48.0. The van der Waals surface area contributed by atoms with Gasteiger partial charge in [-0.1, -0.05) is 104 Å². The predicted octanol–water partition coefficient (Wildman–Crippen LogP) is 17.4. The van der Waals surface area contributed by atoms with E-state index in [9.17, 15) is 0 Å². The Morgan fingerprint density at radius 2 is 0.583 bits per heavy atom.